The summed E-state index contributed by atoms with van der Waals surface area (Å²) in [5.74, 6) is -0.391. The van der Waals surface area contributed by atoms with Gasteiger partial charge in [0.15, 0.2) is 0 Å². The summed E-state index contributed by atoms with van der Waals surface area (Å²) in [7, 11) is 0. The average molecular weight is 331 g/mol. The molecule has 0 spiro atoms. The lowest BCUT2D eigenvalue weighted by atomic mass is 10.1. The SMILES string of the molecule is CCCC/C(CC)=N/NC(=O)CCC(=O)Nc1cc(C)ccc1C. The summed E-state index contributed by atoms with van der Waals surface area (Å²) >= 11 is 0. The lowest BCUT2D eigenvalue weighted by Gasteiger charge is -2.09. The molecule has 0 fully saturated rings. The summed E-state index contributed by atoms with van der Waals surface area (Å²) in [5.41, 5.74) is 6.43. The van der Waals surface area contributed by atoms with Crippen molar-refractivity contribution in [1.82, 2.24) is 5.43 Å². The van der Waals surface area contributed by atoms with E-state index in [4.69, 9.17) is 0 Å². The summed E-state index contributed by atoms with van der Waals surface area (Å²) in [6.07, 6.45) is 4.18. The predicted octanol–water partition coefficient (Wildman–Crippen LogP) is 4.09. The summed E-state index contributed by atoms with van der Waals surface area (Å²) in [6.45, 7) is 8.07. The van der Waals surface area contributed by atoms with E-state index in [-0.39, 0.29) is 24.7 Å². The van der Waals surface area contributed by atoms with Crippen molar-refractivity contribution in [1.29, 1.82) is 0 Å². The van der Waals surface area contributed by atoms with Gasteiger partial charge in [-0.05, 0) is 50.3 Å². The highest BCUT2D eigenvalue weighted by molar-refractivity contribution is 5.94. The van der Waals surface area contributed by atoms with Crippen LogP contribution in [-0.2, 0) is 9.59 Å². The summed E-state index contributed by atoms with van der Waals surface area (Å²) in [4.78, 5) is 23.8. The quantitative estimate of drug-likeness (QED) is 0.528. The monoisotopic (exact) mass is 331 g/mol. The van der Waals surface area contributed by atoms with Gasteiger partial charge in [0, 0.05) is 24.2 Å². The van der Waals surface area contributed by atoms with Gasteiger partial charge in [-0.25, -0.2) is 5.43 Å². The van der Waals surface area contributed by atoms with Gasteiger partial charge in [-0.3, -0.25) is 9.59 Å². The van der Waals surface area contributed by atoms with E-state index in [2.05, 4.69) is 22.8 Å². The zero-order valence-electron chi connectivity index (χ0n) is 15.2. The molecule has 0 radical (unpaired) electrons. The Bertz CT molecular complexity index is 594. The number of unbranched alkanes of at least 4 members (excludes halogenated alkanes) is 1. The zero-order chi connectivity index (χ0) is 17.9. The number of carbonyl (C=O) groups excluding carboxylic acids is 2. The van der Waals surface area contributed by atoms with E-state index in [9.17, 15) is 9.59 Å². The molecule has 0 aliphatic carbocycles. The minimum Gasteiger partial charge on any atom is -0.326 e. The summed E-state index contributed by atoms with van der Waals surface area (Å²) in [5, 5.41) is 7.01. The molecule has 0 saturated heterocycles. The second-order valence-corrected chi connectivity index (χ2v) is 6.04. The van der Waals surface area contributed by atoms with Crippen molar-refractivity contribution in [3.63, 3.8) is 0 Å². The number of hydrogen-bond acceptors (Lipinski definition) is 3. The standard InChI is InChI=1S/C19H29N3O2/c1-5-7-8-16(6-2)21-22-19(24)12-11-18(23)20-17-13-14(3)9-10-15(17)4/h9-10,13H,5-8,11-12H2,1-4H3,(H,20,23)(H,22,24)/b21-16+. The molecule has 0 atom stereocenters. The van der Waals surface area contributed by atoms with Gasteiger partial charge in [0.2, 0.25) is 11.8 Å². The lowest BCUT2D eigenvalue weighted by molar-refractivity contribution is -0.124. The van der Waals surface area contributed by atoms with Crippen molar-refractivity contribution in [2.75, 3.05) is 5.32 Å². The molecule has 5 heteroatoms. The number of benzene rings is 1. The van der Waals surface area contributed by atoms with Crippen LogP contribution in [0.3, 0.4) is 0 Å². The van der Waals surface area contributed by atoms with E-state index < -0.39 is 0 Å². The third kappa shape index (κ3) is 7.40. The van der Waals surface area contributed by atoms with Gasteiger partial charge in [0.05, 0.1) is 0 Å². The first kappa shape index (κ1) is 19.9. The minimum absolute atomic E-state index is 0.130. The smallest absolute Gasteiger partial charge is 0.240 e. The van der Waals surface area contributed by atoms with Gasteiger partial charge in [-0.15, -0.1) is 0 Å². The number of carbonyl (C=O) groups is 2. The molecule has 0 saturated carbocycles. The number of hydrazone groups is 1. The van der Waals surface area contributed by atoms with E-state index in [0.29, 0.717) is 0 Å². The van der Waals surface area contributed by atoms with Crippen LogP contribution in [0.2, 0.25) is 0 Å². The molecule has 2 amide bonds. The molecule has 0 aliphatic heterocycles. The van der Waals surface area contributed by atoms with E-state index in [0.717, 1.165) is 48.2 Å². The molecule has 132 valence electrons. The maximum absolute atomic E-state index is 12.0. The molecule has 2 N–H and O–H groups in total. The molecule has 1 rings (SSSR count). The van der Waals surface area contributed by atoms with Gasteiger partial charge >= 0.3 is 0 Å². The predicted molar refractivity (Wildman–Crippen MR) is 99.2 cm³/mol. The van der Waals surface area contributed by atoms with Gasteiger partial charge in [-0.1, -0.05) is 32.4 Å². The second kappa shape index (κ2) is 10.6. The van der Waals surface area contributed by atoms with Crippen molar-refractivity contribution in [3.05, 3.63) is 29.3 Å². The Hall–Kier alpha value is -2.17. The maximum Gasteiger partial charge on any atom is 0.240 e. The van der Waals surface area contributed by atoms with E-state index >= 15 is 0 Å². The highest BCUT2D eigenvalue weighted by Gasteiger charge is 2.08. The molecule has 0 unspecified atom stereocenters. The number of aryl methyl sites for hydroxylation is 2. The minimum atomic E-state index is -0.228. The first-order valence-corrected chi connectivity index (χ1v) is 8.67. The number of amides is 2. The van der Waals surface area contributed by atoms with Crippen molar-refractivity contribution in [2.45, 2.75) is 66.2 Å². The van der Waals surface area contributed by atoms with Crippen LogP contribution in [0.25, 0.3) is 0 Å². The van der Waals surface area contributed by atoms with Gasteiger partial charge in [0.1, 0.15) is 0 Å². The number of rotatable bonds is 9. The van der Waals surface area contributed by atoms with Gasteiger partial charge in [-0.2, -0.15) is 5.10 Å². The van der Waals surface area contributed by atoms with E-state index in [1.807, 2.05) is 39.0 Å². The highest BCUT2D eigenvalue weighted by Crippen LogP contribution is 2.16. The first-order chi connectivity index (χ1) is 11.5. The van der Waals surface area contributed by atoms with E-state index in [1.165, 1.54) is 0 Å². The lowest BCUT2D eigenvalue weighted by Crippen LogP contribution is -2.22. The average Bonchev–Trinajstić information content (AvgIpc) is 2.56. The molecule has 5 nitrogen and oxygen atoms in total. The molecular weight excluding hydrogens is 302 g/mol. The normalized spacial score (nSPS) is 11.2. The molecule has 0 heterocycles. The molecule has 24 heavy (non-hydrogen) atoms. The fourth-order valence-electron chi connectivity index (χ4n) is 2.20. The van der Waals surface area contributed by atoms with Crippen molar-refractivity contribution in [2.24, 2.45) is 5.10 Å². The molecule has 0 aromatic heterocycles. The van der Waals surface area contributed by atoms with Crippen molar-refractivity contribution < 1.29 is 9.59 Å². The van der Waals surface area contributed by atoms with Crippen LogP contribution in [0.5, 0.6) is 0 Å². The van der Waals surface area contributed by atoms with Crippen LogP contribution in [0.1, 0.15) is 63.5 Å². The fraction of sp³-hybridized carbons (Fsp3) is 0.526. The van der Waals surface area contributed by atoms with Gasteiger partial charge in [0.25, 0.3) is 0 Å². The summed E-state index contributed by atoms with van der Waals surface area (Å²) in [6, 6.07) is 5.90. The molecule has 0 bridgehead atoms. The van der Waals surface area contributed by atoms with E-state index in [1.54, 1.807) is 0 Å². The van der Waals surface area contributed by atoms with Crippen LogP contribution >= 0.6 is 0 Å². The fourth-order valence-corrected chi connectivity index (χ4v) is 2.20. The Labute approximate surface area is 144 Å². The number of nitrogens with one attached hydrogen (secondary N) is 2. The Kier molecular flexibility index (Phi) is 8.76. The molecule has 1 aromatic rings. The van der Waals surface area contributed by atoms with Crippen molar-refractivity contribution in [3.8, 4) is 0 Å². The number of nitrogens with zero attached hydrogens (tertiary/aromatic N) is 1. The largest absolute Gasteiger partial charge is 0.326 e. The van der Waals surface area contributed by atoms with Crippen LogP contribution in [0, 0.1) is 13.8 Å². The van der Waals surface area contributed by atoms with Gasteiger partial charge < -0.3 is 5.32 Å². The maximum atomic E-state index is 12.0. The highest BCUT2D eigenvalue weighted by atomic mass is 16.2. The second-order valence-electron chi connectivity index (χ2n) is 6.04. The first-order valence-electron chi connectivity index (χ1n) is 8.67. The van der Waals surface area contributed by atoms with Crippen molar-refractivity contribution >= 4 is 23.2 Å². The number of anilines is 1. The van der Waals surface area contributed by atoms with Crippen LogP contribution in [-0.4, -0.2) is 17.5 Å². The molecular formula is C19H29N3O2. The molecule has 0 aliphatic rings. The Balaban J connectivity index is 2.42. The third-order valence-corrected chi connectivity index (χ3v) is 3.81. The Morgan fingerprint density at radius 1 is 1.04 bits per heavy atom. The summed E-state index contributed by atoms with van der Waals surface area (Å²) < 4.78 is 0. The van der Waals surface area contributed by atoms with Crippen LogP contribution in [0.4, 0.5) is 5.69 Å². The van der Waals surface area contributed by atoms with Crippen LogP contribution < -0.4 is 10.7 Å². The third-order valence-electron chi connectivity index (χ3n) is 3.81. The number of hydrogen-bond donors (Lipinski definition) is 2. The zero-order valence-corrected chi connectivity index (χ0v) is 15.2. The van der Waals surface area contributed by atoms with Crippen LogP contribution in [0.15, 0.2) is 23.3 Å². The Morgan fingerprint density at radius 3 is 2.42 bits per heavy atom. The molecule has 1 aromatic carbocycles. The topological polar surface area (TPSA) is 70.6 Å². The Morgan fingerprint density at radius 2 is 1.75 bits per heavy atom.